The summed E-state index contributed by atoms with van der Waals surface area (Å²) in [5, 5.41) is 0. The van der Waals surface area contributed by atoms with Crippen molar-refractivity contribution < 1.29 is 49.7 Å². The molecule has 7 aliphatic carbocycles. The Bertz CT molecular complexity index is 2810. The fourth-order valence-electron chi connectivity index (χ4n) is 16.4. The van der Waals surface area contributed by atoms with Crippen molar-refractivity contribution in [1.29, 1.82) is 0 Å². The molecule has 1 unspecified atom stereocenters. The van der Waals surface area contributed by atoms with Crippen LogP contribution in [-0.4, -0.2) is 32.5 Å². The van der Waals surface area contributed by atoms with Crippen LogP contribution in [0.25, 0.3) is 0 Å². The summed E-state index contributed by atoms with van der Waals surface area (Å²) in [6, 6.07) is 21.6. The van der Waals surface area contributed by atoms with Gasteiger partial charge in [-0.1, -0.05) is 212 Å². The van der Waals surface area contributed by atoms with E-state index in [9.17, 15) is 30.7 Å². The number of rotatable bonds is 7. The molecule has 0 amide bonds. The highest BCUT2D eigenvalue weighted by Crippen LogP contribution is 2.47. The highest BCUT2D eigenvalue weighted by atomic mass is 19.4. The summed E-state index contributed by atoms with van der Waals surface area (Å²) in [7, 11) is 0. The zero-order chi connectivity index (χ0) is 74.5. The first-order valence-corrected chi connectivity index (χ1v) is 40.0. The molecule has 1 aliphatic heterocycles. The van der Waals surface area contributed by atoms with E-state index in [-0.39, 0.29) is 31.1 Å². The van der Waals surface area contributed by atoms with Gasteiger partial charge in [0.15, 0.2) is 6.29 Å². The van der Waals surface area contributed by atoms with Crippen LogP contribution in [0, 0.1) is 132 Å². The van der Waals surface area contributed by atoms with Crippen LogP contribution in [-0.2, 0) is 9.47 Å². The SMILES string of the molecule is C.CC1=C(F)CC(C)CC1.CC1CCC(C)CC1.CC1CCC(C)CC1.CC1COC(C)OC1.Cc1cc(C2CCC(C3CCC(C)CC3)CC2)cc(C)c1OC(F)(F)F.Cc1cc(C2CCC(C3CCC(C)CC3)CC2)cc(C)c1OC(F)F.Cc1ccc(C)c(F)c1.Cc1ccc(C)cc1. The van der Waals surface area contributed by atoms with Crippen molar-refractivity contribution in [2.75, 3.05) is 13.2 Å². The Morgan fingerprint density at radius 2 is 0.686 bits per heavy atom. The van der Waals surface area contributed by atoms with Crippen LogP contribution < -0.4 is 9.47 Å². The lowest BCUT2D eigenvalue weighted by molar-refractivity contribution is -0.275. The molecule has 0 radical (unpaired) electrons. The third kappa shape index (κ3) is 34.0. The van der Waals surface area contributed by atoms with Crippen LogP contribution >= 0.6 is 0 Å². The van der Waals surface area contributed by atoms with Crippen molar-refractivity contribution in [2.45, 2.75) is 337 Å². The number of benzene rings is 4. The van der Waals surface area contributed by atoms with Crippen molar-refractivity contribution in [3.8, 4) is 11.5 Å². The minimum atomic E-state index is -4.63. The molecule has 4 aromatic carbocycles. The van der Waals surface area contributed by atoms with Gasteiger partial charge in [0.25, 0.3) is 0 Å². The molecule has 0 spiro atoms. The Hall–Kier alpha value is -4.35. The van der Waals surface area contributed by atoms with Crippen LogP contribution in [0.1, 0.15) is 317 Å². The van der Waals surface area contributed by atoms with Gasteiger partial charge in [-0.25, -0.2) is 8.78 Å². The van der Waals surface area contributed by atoms with Gasteiger partial charge >= 0.3 is 13.0 Å². The number of ether oxygens (including phenoxy) is 4. The molecule has 1 heterocycles. The fraction of sp³-hybridized carbons (Fsp3) is 0.714. The second kappa shape index (κ2) is 46.0. The van der Waals surface area contributed by atoms with Gasteiger partial charge in [-0.15, -0.1) is 13.2 Å². The highest BCUT2D eigenvalue weighted by molar-refractivity contribution is 5.46. The van der Waals surface area contributed by atoms with E-state index < -0.39 is 13.0 Å². The van der Waals surface area contributed by atoms with Gasteiger partial charge in [-0.3, -0.25) is 0 Å². The molecule has 8 aliphatic rings. The molecule has 12 rings (SSSR count). The summed E-state index contributed by atoms with van der Waals surface area (Å²) in [5.74, 6) is 12.0. The predicted octanol–water partition coefficient (Wildman–Crippen LogP) is 29.4. The Morgan fingerprint density at radius 1 is 0.373 bits per heavy atom. The average molecular weight is 1430 g/mol. The molecule has 102 heavy (non-hydrogen) atoms. The summed E-state index contributed by atoms with van der Waals surface area (Å²) in [6.45, 7) is 36.2. The lowest BCUT2D eigenvalue weighted by atomic mass is 9.68. The predicted molar refractivity (Wildman–Crippen MR) is 416 cm³/mol. The first-order valence-electron chi connectivity index (χ1n) is 40.0. The molecule has 580 valence electrons. The molecule has 0 aromatic heterocycles. The smallest absolute Gasteiger partial charge is 0.434 e. The van der Waals surface area contributed by atoms with E-state index >= 15 is 0 Å². The largest absolute Gasteiger partial charge is 0.573 e. The van der Waals surface area contributed by atoms with Gasteiger partial charge in [-0.2, -0.15) is 8.78 Å². The molecule has 6 saturated carbocycles. The molecule has 7 fully saturated rings. The summed E-state index contributed by atoms with van der Waals surface area (Å²) < 4.78 is 107. The topological polar surface area (TPSA) is 36.9 Å². The molecular weight excluding hydrogens is 1290 g/mol. The lowest BCUT2D eigenvalue weighted by Gasteiger charge is -2.37. The molecular formula is C91H143F7O4. The Balaban J connectivity index is 0.000000263. The summed E-state index contributed by atoms with van der Waals surface area (Å²) >= 11 is 0. The molecule has 11 heteroatoms. The van der Waals surface area contributed by atoms with Crippen molar-refractivity contribution in [3.05, 3.63) is 140 Å². The monoisotopic (exact) mass is 1430 g/mol. The summed E-state index contributed by atoms with van der Waals surface area (Å²) in [6.07, 6.45) is 31.2. The van der Waals surface area contributed by atoms with E-state index in [1.54, 1.807) is 26.8 Å². The van der Waals surface area contributed by atoms with Crippen LogP contribution in [0.2, 0.25) is 0 Å². The van der Waals surface area contributed by atoms with Gasteiger partial charge in [0.2, 0.25) is 0 Å². The molecule has 4 aromatic rings. The van der Waals surface area contributed by atoms with Crippen LogP contribution in [0.15, 0.2) is 78.1 Å². The number of hydrogen-bond donors (Lipinski definition) is 0. The number of allylic oxidation sites excluding steroid dienone is 2. The van der Waals surface area contributed by atoms with Gasteiger partial charge < -0.3 is 18.9 Å². The summed E-state index contributed by atoms with van der Waals surface area (Å²) in [4.78, 5) is 0. The van der Waals surface area contributed by atoms with E-state index in [1.807, 2.05) is 52.8 Å². The Kier molecular flexibility index (Phi) is 40.6. The first-order chi connectivity index (χ1) is 47.7. The maximum absolute atomic E-state index is 12.7. The lowest BCUT2D eigenvalue weighted by Crippen LogP contribution is -2.27. The van der Waals surface area contributed by atoms with E-state index in [2.05, 4.69) is 115 Å². The second-order valence-electron chi connectivity index (χ2n) is 33.7. The molecule has 0 N–H and O–H groups in total. The maximum Gasteiger partial charge on any atom is 0.573 e. The Morgan fingerprint density at radius 3 is 0.971 bits per heavy atom. The summed E-state index contributed by atoms with van der Waals surface area (Å²) in [5.41, 5.74) is 10.6. The van der Waals surface area contributed by atoms with Gasteiger partial charge in [0, 0.05) is 12.3 Å². The number of hydrogen-bond acceptors (Lipinski definition) is 4. The van der Waals surface area contributed by atoms with Crippen LogP contribution in [0.5, 0.6) is 11.5 Å². The minimum Gasteiger partial charge on any atom is -0.434 e. The van der Waals surface area contributed by atoms with Gasteiger partial charge in [-0.05, 0) is 292 Å². The van der Waals surface area contributed by atoms with Crippen LogP contribution in [0.4, 0.5) is 30.7 Å². The minimum absolute atomic E-state index is 0. The van der Waals surface area contributed by atoms with Crippen molar-refractivity contribution in [1.82, 2.24) is 0 Å². The van der Waals surface area contributed by atoms with Crippen LogP contribution in [0.3, 0.4) is 0 Å². The van der Waals surface area contributed by atoms with Crippen molar-refractivity contribution >= 4 is 0 Å². The molecule has 4 nitrogen and oxygen atoms in total. The maximum atomic E-state index is 12.7. The Labute approximate surface area is 618 Å². The van der Waals surface area contributed by atoms with E-state index in [4.69, 9.17) is 9.47 Å². The average Bonchev–Trinajstić information content (AvgIpc) is 0.814. The first kappa shape index (κ1) is 90.0. The normalized spacial score (nSPS) is 28.7. The standard InChI is InChI=1S/C22H31F3O.C22H32F2O.C8H13F.C8H9F.2C8H16.C8H10.C6H12O2.CH4/c1-14-4-6-17(7-5-14)18-8-10-19(11-9-18)20-12-15(2)21(16(3)13-20)26-22(23,24)25;1-14-4-6-17(7-5-14)18-8-10-19(11-9-18)20-12-15(2)21(16(3)13-20)25-22(23)24;2*1-6-3-4-7(2)8(9)5-6;3*1-7-3-5-8(2)6-4-7;1-5-3-7-6(2)8-4-5;/h12-14,17-19H,4-11H2,1-3H3;12-14,17-19,22H,4-11H2,1-3H3;6H,3-5H2,1-2H3;3-5H,1-2H3;2*7-8H,3-6H2,1-2H3;3-6H,1-2H3;5-6H,3-4H2,1-2H3;1H4. The van der Waals surface area contributed by atoms with Crippen molar-refractivity contribution in [3.63, 3.8) is 0 Å². The number of alkyl halides is 5. The van der Waals surface area contributed by atoms with E-state index in [1.165, 1.54) is 176 Å². The van der Waals surface area contributed by atoms with Gasteiger partial charge in [0.1, 0.15) is 17.3 Å². The molecule has 1 saturated heterocycles. The number of aryl methyl sites for hydroxylation is 8. The number of halogens is 7. The molecule has 0 bridgehead atoms. The highest BCUT2D eigenvalue weighted by Gasteiger charge is 2.35. The second-order valence-corrected chi connectivity index (χ2v) is 33.7. The zero-order valence-corrected chi connectivity index (χ0v) is 66.4. The third-order valence-corrected chi connectivity index (χ3v) is 23.7. The zero-order valence-electron chi connectivity index (χ0n) is 66.4. The van der Waals surface area contributed by atoms with Gasteiger partial charge in [0.05, 0.1) is 19.0 Å². The quantitative estimate of drug-likeness (QED) is 0.173. The van der Waals surface area contributed by atoms with E-state index in [0.717, 1.165) is 114 Å². The molecule has 1 atom stereocenters. The fourth-order valence-corrected chi connectivity index (χ4v) is 16.4. The van der Waals surface area contributed by atoms with Crippen molar-refractivity contribution in [2.24, 2.45) is 71.0 Å². The van der Waals surface area contributed by atoms with E-state index in [0.29, 0.717) is 52.5 Å². The third-order valence-electron chi connectivity index (χ3n) is 23.7.